The molecule has 0 amide bonds. The normalized spacial score (nSPS) is 10.1. The Hall–Kier alpha value is -2.65. The lowest BCUT2D eigenvalue weighted by atomic mass is 10.1. The third-order valence-corrected chi connectivity index (χ3v) is 2.78. The summed E-state index contributed by atoms with van der Waals surface area (Å²) in [6, 6.07) is 11.1. The van der Waals surface area contributed by atoms with E-state index in [0.29, 0.717) is 42.8 Å². The number of nitrogen functional groups attached to an aromatic ring is 1. The first kappa shape index (κ1) is 14.8. The van der Waals surface area contributed by atoms with Crippen LogP contribution in [0.4, 0.5) is 11.6 Å². The van der Waals surface area contributed by atoms with Crippen LogP contribution in [0, 0.1) is 11.3 Å². The van der Waals surface area contributed by atoms with Gasteiger partial charge in [0, 0.05) is 19.2 Å². The Morgan fingerprint density at radius 3 is 2.71 bits per heavy atom. The Balaban J connectivity index is 2.01. The zero-order valence-electron chi connectivity index (χ0n) is 11.8. The summed E-state index contributed by atoms with van der Waals surface area (Å²) >= 11 is 0. The molecule has 0 aliphatic carbocycles. The van der Waals surface area contributed by atoms with Crippen molar-refractivity contribution < 1.29 is 4.74 Å². The van der Waals surface area contributed by atoms with Gasteiger partial charge in [0.1, 0.15) is 18.2 Å². The summed E-state index contributed by atoms with van der Waals surface area (Å²) in [6.45, 7) is 3.45. The minimum atomic E-state index is 0.340. The fraction of sp³-hybridized carbons (Fsp3) is 0.267. The molecule has 3 N–H and O–H groups in total. The van der Waals surface area contributed by atoms with Gasteiger partial charge in [-0.15, -0.1) is 0 Å². The maximum absolute atomic E-state index is 8.76. The van der Waals surface area contributed by atoms with E-state index in [9.17, 15) is 0 Å². The van der Waals surface area contributed by atoms with Gasteiger partial charge >= 0.3 is 0 Å². The molecule has 0 radical (unpaired) electrons. The molecule has 21 heavy (non-hydrogen) atoms. The van der Waals surface area contributed by atoms with Gasteiger partial charge in [-0.2, -0.15) is 5.26 Å². The third-order valence-electron chi connectivity index (χ3n) is 2.78. The Bertz CT molecular complexity index is 634. The first-order valence-electron chi connectivity index (χ1n) is 6.65. The summed E-state index contributed by atoms with van der Waals surface area (Å²) in [5, 5.41) is 11.9. The molecule has 0 saturated heterocycles. The SMILES string of the molecule is CCOCc1nc(N)cc(NCc2ccc(C#N)cc2)n1. The van der Waals surface area contributed by atoms with E-state index in [0.717, 1.165) is 5.56 Å². The largest absolute Gasteiger partial charge is 0.384 e. The van der Waals surface area contributed by atoms with Crippen molar-refractivity contribution in [2.24, 2.45) is 0 Å². The minimum Gasteiger partial charge on any atom is -0.384 e. The maximum Gasteiger partial charge on any atom is 0.158 e. The molecule has 2 rings (SSSR count). The van der Waals surface area contributed by atoms with Crippen LogP contribution in [0.1, 0.15) is 23.9 Å². The summed E-state index contributed by atoms with van der Waals surface area (Å²) in [5.41, 5.74) is 7.45. The van der Waals surface area contributed by atoms with Gasteiger partial charge < -0.3 is 15.8 Å². The van der Waals surface area contributed by atoms with Gasteiger partial charge in [-0.25, -0.2) is 9.97 Å². The van der Waals surface area contributed by atoms with Crippen LogP contribution in [-0.2, 0) is 17.9 Å². The predicted molar refractivity (Wildman–Crippen MR) is 80.3 cm³/mol. The third kappa shape index (κ3) is 4.44. The van der Waals surface area contributed by atoms with Gasteiger partial charge in [0.2, 0.25) is 0 Å². The Morgan fingerprint density at radius 1 is 1.29 bits per heavy atom. The summed E-state index contributed by atoms with van der Waals surface area (Å²) in [6.07, 6.45) is 0. The minimum absolute atomic E-state index is 0.340. The zero-order valence-corrected chi connectivity index (χ0v) is 11.8. The molecule has 1 aromatic heterocycles. The summed E-state index contributed by atoms with van der Waals surface area (Å²) < 4.78 is 5.28. The molecular weight excluding hydrogens is 266 g/mol. The second kappa shape index (κ2) is 7.22. The fourth-order valence-corrected chi connectivity index (χ4v) is 1.76. The topological polar surface area (TPSA) is 96.9 Å². The number of nitrogens with one attached hydrogen (secondary N) is 1. The summed E-state index contributed by atoms with van der Waals surface area (Å²) in [7, 11) is 0. The molecule has 0 aliphatic rings. The van der Waals surface area contributed by atoms with Gasteiger partial charge in [0.05, 0.1) is 11.6 Å². The predicted octanol–water partition coefficient (Wildman–Crippen LogP) is 2.08. The van der Waals surface area contributed by atoms with E-state index >= 15 is 0 Å². The van der Waals surface area contributed by atoms with Gasteiger partial charge in [0.15, 0.2) is 5.82 Å². The average molecular weight is 283 g/mol. The molecule has 1 aromatic carbocycles. The highest BCUT2D eigenvalue weighted by molar-refractivity contribution is 5.45. The van der Waals surface area contributed by atoms with Crippen molar-refractivity contribution in [2.75, 3.05) is 17.7 Å². The van der Waals surface area contributed by atoms with Crippen molar-refractivity contribution >= 4 is 11.6 Å². The van der Waals surface area contributed by atoms with Crippen LogP contribution in [0.15, 0.2) is 30.3 Å². The smallest absolute Gasteiger partial charge is 0.158 e. The van der Waals surface area contributed by atoms with Crippen molar-refractivity contribution in [2.45, 2.75) is 20.1 Å². The molecule has 6 heteroatoms. The molecule has 6 nitrogen and oxygen atoms in total. The number of ether oxygens (including phenoxy) is 1. The van der Waals surface area contributed by atoms with E-state index in [2.05, 4.69) is 21.4 Å². The monoisotopic (exact) mass is 283 g/mol. The lowest BCUT2D eigenvalue weighted by molar-refractivity contribution is 0.128. The summed E-state index contributed by atoms with van der Waals surface area (Å²) in [4.78, 5) is 8.45. The number of hydrogen-bond donors (Lipinski definition) is 2. The lowest BCUT2D eigenvalue weighted by Crippen LogP contribution is -2.07. The second-order valence-electron chi connectivity index (χ2n) is 4.39. The number of benzene rings is 1. The van der Waals surface area contributed by atoms with Crippen LogP contribution in [0.3, 0.4) is 0 Å². The Morgan fingerprint density at radius 2 is 2.05 bits per heavy atom. The van der Waals surface area contributed by atoms with Crippen LogP contribution in [0.25, 0.3) is 0 Å². The van der Waals surface area contributed by atoms with Crippen molar-refractivity contribution in [3.63, 3.8) is 0 Å². The molecule has 0 saturated carbocycles. The van der Waals surface area contributed by atoms with Crippen LogP contribution in [0.2, 0.25) is 0 Å². The van der Waals surface area contributed by atoms with Crippen molar-refractivity contribution in [3.05, 3.63) is 47.3 Å². The van der Waals surface area contributed by atoms with Gasteiger partial charge in [-0.1, -0.05) is 12.1 Å². The molecule has 0 spiro atoms. The number of nitrogens with zero attached hydrogens (tertiary/aromatic N) is 3. The molecule has 2 aromatic rings. The number of hydrogen-bond acceptors (Lipinski definition) is 6. The zero-order chi connectivity index (χ0) is 15.1. The van der Waals surface area contributed by atoms with Crippen LogP contribution in [0.5, 0.6) is 0 Å². The second-order valence-corrected chi connectivity index (χ2v) is 4.39. The van der Waals surface area contributed by atoms with E-state index in [1.165, 1.54) is 0 Å². The molecule has 1 heterocycles. The number of anilines is 2. The van der Waals surface area contributed by atoms with Crippen molar-refractivity contribution in [3.8, 4) is 6.07 Å². The van der Waals surface area contributed by atoms with E-state index in [1.807, 2.05) is 19.1 Å². The quantitative estimate of drug-likeness (QED) is 0.842. The highest BCUT2D eigenvalue weighted by Gasteiger charge is 2.03. The number of nitrogens with two attached hydrogens (primary N) is 1. The van der Waals surface area contributed by atoms with Crippen molar-refractivity contribution in [1.82, 2.24) is 9.97 Å². The van der Waals surface area contributed by atoms with Crippen molar-refractivity contribution in [1.29, 1.82) is 5.26 Å². The molecule has 0 aliphatic heterocycles. The van der Waals surface area contributed by atoms with E-state index in [-0.39, 0.29) is 0 Å². The lowest BCUT2D eigenvalue weighted by Gasteiger charge is -2.08. The van der Waals surface area contributed by atoms with Crippen LogP contribution < -0.4 is 11.1 Å². The molecule has 0 fully saturated rings. The van der Waals surface area contributed by atoms with Crippen LogP contribution >= 0.6 is 0 Å². The van der Waals surface area contributed by atoms with Gasteiger partial charge in [0.25, 0.3) is 0 Å². The highest BCUT2D eigenvalue weighted by Crippen LogP contribution is 2.11. The number of nitriles is 1. The molecule has 0 atom stereocenters. The van der Waals surface area contributed by atoms with E-state index < -0.39 is 0 Å². The van der Waals surface area contributed by atoms with Gasteiger partial charge in [-0.05, 0) is 24.6 Å². The van der Waals surface area contributed by atoms with E-state index in [4.69, 9.17) is 15.7 Å². The number of aromatic nitrogens is 2. The molecule has 0 unspecified atom stereocenters. The molecule has 108 valence electrons. The van der Waals surface area contributed by atoms with Gasteiger partial charge in [-0.3, -0.25) is 0 Å². The average Bonchev–Trinajstić information content (AvgIpc) is 2.51. The fourth-order valence-electron chi connectivity index (χ4n) is 1.76. The molecular formula is C15H17N5O. The van der Waals surface area contributed by atoms with E-state index in [1.54, 1.807) is 18.2 Å². The first-order chi connectivity index (χ1) is 10.2. The molecule has 0 bridgehead atoms. The Labute approximate surface area is 123 Å². The standard InChI is InChI=1S/C15H17N5O/c1-2-21-10-15-19-13(17)7-14(20-15)18-9-12-5-3-11(8-16)4-6-12/h3-7H,2,9-10H2,1H3,(H3,17,18,19,20). The van der Waals surface area contributed by atoms with Crippen LogP contribution in [-0.4, -0.2) is 16.6 Å². The Kier molecular flexibility index (Phi) is 5.07. The maximum atomic E-state index is 8.76. The summed E-state index contributed by atoms with van der Waals surface area (Å²) in [5.74, 6) is 1.61. The first-order valence-corrected chi connectivity index (χ1v) is 6.65. The number of rotatable bonds is 6. The highest BCUT2D eigenvalue weighted by atomic mass is 16.5.